The lowest BCUT2D eigenvalue weighted by Crippen LogP contribution is -2.42. The third-order valence-corrected chi connectivity index (χ3v) is 5.85. The van der Waals surface area contributed by atoms with Crippen molar-refractivity contribution in [3.05, 3.63) is 58.2 Å². The number of aromatic amines is 1. The van der Waals surface area contributed by atoms with E-state index in [1.54, 1.807) is 13.8 Å². The second-order valence-electron chi connectivity index (χ2n) is 7.81. The smallest absolute Gasteiger partial charge is 0.295 e. The van der Waals surface area contributed by atoms with E-state index in [-0.39, 0.29) is 11.3 Å². The number of nitrogens with one attached hydrogen (secondary N) is 1. The van der Waals surface area contributed by atoms with Crippen LogP contribution in [-0.4, -0.2) is 76.2 Å². The zero-order chi connectivity index (χ0) is 22.1. The number of hydrogen-bond acceptors (Lipinski definition) is 6. The molecule has 2 aliphatic rings. The molecule has 2 aromatic rings. The lowest BCUT2D eigenvalue weighted by Gasteiger charge is -2.31. The van der Waals surface area contributed by atoms with Crippen molar-refractivity contribution >= 4 is 17.4 Å². The molecule has 1 atom stereocenters. The van der Waals surface area contributed by atoms with Crippen molar-refractivity contribution < 1.29 is 23.8 Å². The topological polar surface area (TPSA) is 98.8 Å². The second-order valence-corrected chi connectivity index (χ2v) is 7.81. The fourth-order valence-corrected chi connectivity index (χ4v) is 4.21. The molecule has 0 spiro atoms. The zero-order valence-corrected chi connectivity index (χ0v) is 17.5. The molecular formula is C22H25FN4O4. The highest BCUT2D eigenvalue weighted by molar-refractivity contribution is 6.46. The number of ketones is 1. The summed E-state index contributed by atoms with van der Waals surface area (Å²) >= 11 is 0. The number of halogens is 1. The van der Waals surface area contributed by atoms with Gasteiger partial charge in [0.25, 0.3) is 11.7 Å². The first kappa shape index (κ1) is 21.2. The van der Waals surface area contributed by atoms with Crippen LogP contribution in [0.3, 0.4) is 0 Å². The van der Waals surface area contributed by atoms with Crippen LogP contribution < -0.4 is 0 Å². The number of rotatable bonds is 5. The summed E-state index contributed by atoms with van der Waals surface area (Å²) in [7, 11) is 0. The summed E-state index contributed by atoms with van der Waals surface area (Å²) < 4.78 is 18.9. The molecule has 1 amide bonds. The van der Waals surface area contributed by atoms with E-state index in [9.17, 15) is 19.1 Å². The van der Waals surface area contributed by atoms with Crippen LogP contribution in [0.2, 0.25) is 0 Å². The largest absolute Gasteiger partial charge is 0.507 e. The number of morpholine rings is 1. The van der Waals surface area contributed by atoms with E-state index < -0.39 is 23.5 Å². The first-order valence-corrected chi connectivity index (χ1v) is 10.2. The van der Waals surface area contributed by atoms with Crippen molar-refractivity contribution in [2.24, 2.45) is 0 Å². The molecule has 0 radical (unpaired) electrons. The van der Waals surface area contributed by atoms with Crippen molar-refractivity contribution in [2.75, 3.05) is 39.4 Å². The van der Waals surface area contributed by atoms with E-state index in [1.807, 2.05) is 0 Å². The van der Waals surface area contributed by atoms with Gasteiger partial charge in [-0.2, -0.15) is 5.10 Å². The van der Waals surface area contributed by atoms with E-state index in [4.69, 9.17) is 4.74 Å². The summed E-state index contributed by atoms with van der Waals surface area (Å²) in [6.45, 7) is 7.05. The van der Waals surface area contributed by atoms with E-state index in [0.717, 1.165) is 13.1 Å². The Balaban J connectivity index is 1.75. The Labute approximate surface area is 179 Å². The number of carbonyl (C=O) groups is 2. The van der Waals surface area contributed by atoms with Crippen LogP contribution in [0.1, 0.15) is 28.6 Å². The first-order chi connectivity index (χ1) is 14.9. The number of carbonyl (C=O) groups excluding carboxylic acids is 2. The average Bonchev–Trinajstić information content (AvgIpc) is 3.23. The van der Waals surface area contributed by atoms with Crippen LogP contribution >= 0.6 is 0 Å². The van der Waals surface area contributed by atoms with Crippen molar-refractivity contribution in [2.45, 2.75) is 19.9 Å². The van der Waals surface area contributed by atoms with Gasteiger partial charge in [0.2, 0.25) is 0 Å². The first-order valence-electron chi connectivity index (χ1n) is 10.2. The Morgan fingerprint density at radius 3 is 2.48 bits per heavy atom. The van der Waals surface area contributed by atoms with Crippen LogP contribution in [0.5, 0.6) is 0 Å². The number of amides is 1. The Morgan fingerprint density at radius 1 is 1.19 bits per heavy atom. The number of ether oxygens (including phenoxy) is 1. The molecule has 8 nitrogen and oxygen atoms in total. The zero-order valence-electron chi connectivity index (χ0n) is 17.5. The minimum absolute atomic E-state index is 0.00816. The van der Waals surface area contributed by atoms with Gasteiger partial charge in [0.1, 0.15) is 11.6 Å². The normalized spacial score (nSPS) is 21.8. The molecule has 1 aromatic carbocycles. The monoisotopic (exact) mass is 428 g/mol. The minimum Gasteiger partial charge on any atom is -0.507 e. The maximum atomic E-state index is 13.6. The van der Waals surface area contributed by atoms with Crippen molar-refractivity contribution in [1.29, 1.82) is 0 Å². The summed E-state index contributed by atoms with van der Waals surface area (Å²) in [6, 6.07) is 4.83. The number of aliphatic hydroxyl groups is 1. The number of likely N-dealkylation sites (tertiary alicyclic amines) is 1. The fourth-order valence-electron chi connectivity index (χ4n) is 4.21. The molecule has 2 fully saturated rings. The molecule has 164 valence electrons. The van der Waals surface area contributed by atoms with Gasteiger partial charge in [-0.3, -0.25) is 19.6 Å². The van der Waals surface area contributed by atoms with Crippen LogP contribution in [0.15, 0.2) is 29.8 Å². The number of aliphatic hydroxyl groups excluding tert-OH is 1. The van der Waals surface area contributed by atoms with Gasteiger partial charge in [0.05, 0.1) is 36.1 Å². The van der Waals surface area contributed by atoms with Crippen LogP contribution in [0.4, 0.5) is 4.39 Å². The lowest BCUT2D eigenvalue weighted by molar-refractivity contribution is -0.140. The number of aryl methyl sites for hydroxylation is 2. The molecule has 2 N–H and O–H groups in total. The van der Waals surface area contributed by atoms with Gasteiger partial charge in [-0.05, 0) is 31.5 Å². The molecule has 2 aliphatic heterocycles. The maximum Gasteiger partial charge on any atom is 0.295 e. The van der Waals surface area contributed by atoms with E-state index in [1.165, 1.54) is 29.2 Å². The summed E-state index contributed by atoms with van der Waals surface area (Å²) in [5.41, 5.74) is 2.06. The summed E-state index contributed by atoms with van der Waals surface area (Å²) in [5.74, 6) is -2.13. The number of aromatic nitrogens is 2. The van der Waals surface area contributed by atoms with Crippen molar-refractivity contribution in [1.82, 2.24) is 20.0 Å². The molecule has 0 bridgehead atoms. The molecule has 1 aromatic heterocycles. The minimum atomic E-state index is -0.810. The fraction of sp³-hybridized carbons (Fsp3) is 0.409. The maximum absolute atomic E-state index is 13.6. The molecule has 0 saturated carbocycles. The number of Topliss-reactive ketones (excluding diaryl/α,β-unsaturated/α-hetero) is 1. The van der Waals surface area contributed by atoms with Gasteiger partial charge >= 0.3 is 0 Å². The highest BCUT2D eigenvalue weighted by atomic mass is 19.1. The summed E-state index contributed by atoms with van der Waals surface area (Å²) in [5, 5.41) is 18.0. The van der Waals surface area contributed by atoms with E-state index in [0.29, 0.717) is 48.8 Å². The molecule has 0 aliphatic carbocycles. The quantitative estimate of drug-likeness (QED) is 0.429. The van der Waals surface area contributed by atoms with Gasteiger partial charge in [0.15, 0.2) is 0 Å². The van der Waals surface area contributed by atoms with Crippen molar-refractivity contribution in [3.8, 4) is 0 Å². The predicted octanol–water partition coefficient (Wildman–Crippen LogP) is 1.92. The number of nitrogens with zero attached hydrogens (tertiary/aromatic N) is 3. The van der Waals surface area contributed by atoms with Gasteiger partial charge in [-0.25, -0.2) is 4.39 Å². The van der Waals surface area contributed by atoms with Crippen LogP contribution in [0, 0.1) is 19.7 Å². The number of hydrogen-bond donors (Lipinski definition) is 2. The van der Waals surface area contributed by atoms with Crippen LogP contribution in [-0.2, 0) is 14.3 Å². The molecule has 31 heavy (non-hydrogen) atoms. The van der Waals surface area contributed by atoms with Crippen molar-refractivity contribution in [3.63, 3.8) is 0 Å². The Bertz CT molecular complexity index is 1010. The summed E-state index contributed by atoms with van der Waals surface area (Å²) in [6.07, 6.45) is 0. The molecule has 2 saturated heterocycles. The molecule has 4 rings (SSSR count). The third-order valence-electron chi connectivity index (χ3n) is 5.85. The Morgan fingerprint density at radius 2 is 1.87 bits per heavy atom. The van der Waals surface area contributed by atoms with Gasteiger partial charge in [0, 0.05) is 31.9 Å². The Hall–Kier alpha value is -3.04. The molecule has 1 unspecified atom stereocenters. The van der Waals surface area contributed by atoms with Gasteiger partial charge < -0.3 is 14.7 Å². The molecular weight excluding hydrogens is 403 g/mol. The van der Waals surface area contributed by atoms with Crippen LogP contribution in [0.25, 0.3) is 5.76 Å². The van der Waals surface area contributed by atoms with E-state index >= 15 is 0 Å². The highest BCUT2D eigenvalue weighted by Gasteiger charge is 2.46. The Kier molecular flexibility index (Phi) is 5.88. The predicted molar refractivity (Wildman–Crippen MR) is 111 cm³/mol. The number of H-pyrrole nitrogens is 1. The summed E-state index contributed by atoms with van der Waals surface area (Å²) in [4.78, 5) is 29.6. The van der Waals surface area contributed by atoms with Gasteiger partial charge in [-0.15, -0.1) is 0 Å². The van der Waals surface area contributed by atoms with Gasteiger partial charge in [-0.1, -0.05) is 12.1 Å². The third kappa shape index (κ3) is 3.98. The molecule has 3 heterocycles. The van der Waals surface area contributed by atoms with E-state index in [2.05, 4.69) is 15.1 Å². The SMILES string of the molecule is Cc1n[nH]c(C)c1/C(O)=C1\C(=O)C(=O)N(CCN2CCOCC2)C1c1ccc(F)cc1. The number of benzene rings is 1. The average molecular weight is 428 g/mol. The standard InChI is InChI=1S/C22H25FN4O4/c1-13-17(14(2)25-24-13)20(28)18-19(15-3-5-16(23)6-4-15)27(22(30)21(18)29)8-7-26-9-11-31-12-10-26/h3-6,19,28H,7-12H2,1-2H3,(H,24,25)/b20-18+. The molecule has 9 heteroatoms. The highest BCUT2D eigenvalue weighted by Crippen LogP contribution is 2.40. The second kappa shape index (κ2) is 8.60. The lowest BCUT2D eigenvalue weighted by atomic mass is 9.94.